The molecule has 1 aliphatic rings. The smallest absolute Gasteiger partial charge is 0.319 e. The Kier molecular flexibility index (Phi) is 6.42. The summed E-state index contributed by atoms with van der Waals surface area (Å²) in [5.74, 6) is 0.261. The third kappa shape index (κ3) is 5.22. The number of aliphatic hydroxyl groups is 1. The molecule has 0 spiro atoms. The van der Waals surface area contributed by atoms with Crippen molar-refractivity contribution < 1.29 is 14.6 Å². The number of benzene rings is 1. The second kappa shape index (κ2) is 8.31. The molecule has 0 radical (unpaired) electrons. The molecule has 0 aliphatic heterocycles. The van der Waals surface area contributed by atoms with Gasteiger partial charge in [0, 0.05) is 24.9 Å². The number of carbonyl (C=O) groups excluding carboxylic acids is 1. The lowest BCUT2D eigenvalue weighted by molar-refractivity contribution is -0.0127. The topological polar surface area (TPSA) is 70.6 Å². The van der Waals surface area contributed by atoms with E-state index in [2.05, 4.69) is 10.6 Å². The van der Waals surface area contributed by atoms with Crippen LogP contribution in [0.3, 0.4) is 0 Å². The molecule has 1 fully saturated rings. The van der Waals surface area contributed by atoms with Gasteiger partial charge in [0.15, 0.2) is 0 Å². The second-order valence-electron chi connectivity index (χ2n) is 6.59. The van der Waals surface area contributed by atoms with Crippen LogP contribution in [0.4, 0.5) is 10.5 Å². The van der Waals surface area contributed by atoms with Crippen LogP contribution < -0.4 is 10.6 Å². The van der Waals surface area contributed by atoms with E-state index in [0.717, 1.165) is 36.9 Å². The third-order valence-corrected chi connectivity index (χ3v) is 4.66. The Bertz CT molecular complexity index is 511. The highest BCUT2D eigenvalue weighted by molar-refractivity contribution is 5.90. The molecule has 23 heavy (non-hydrogen) atoms. The van der Waals surface area contributed by atoms with Crippen molar-refractivity contribution in [1.82, 2.24) is 5.32 Å². The van der Waals surface area contributed by atoms with Crippen molar-refractivity contribution >= 4 is 11.7 Å². The van der Waals surface area contributed by atoms with E-state index in [9.17, 15) is 9.90 Å². The van der Waals surface area contributed by atoms with Gasteiger partial charge in [0.25, 0.3) is 0 Å². The number of rotatable bonds is 6. The van der Waals surface area contributed by atoms with Gasteiger partial charge in [0.05, 0.1) is 12.2 Å². The molecule has 5 nitrogen and oxygen atoms in total. The van der Waals surface area contributed by atoms with Gasteiger partial charge in [-0.1, -0.05) is 37.5 Å². The van der Waals surface area contributed by atoms with Gasteiger partial charge in [0.2, 0.25) is 0 Å². The SMILES string of the molecule is COCc1ccccc1NC(=O)NC[C@@](C)(O)C1CCCCC1. The van der Waals surface area contributed by atoms with Crippen LogP contribution in [0.15, 0.2) is 24.3 Å². The first-order chi connectivity index (χ1) is 11.0. The van der Waals surface area contributed by atoms with Gasteiger partial charge < -0.3 is 20.5 Å². The average Bonchev–Trinajstić information content (AvgIpc) is 2.56. The number of para-hydroxylation sites is 1. The molecule has 0 bridgehead atoms. The molecule has 1 aromatic carbocycles. The van der Waals surface area contributed by atoms with Crippen LogP contribution >= 0.6 is 0 Å². The van der Waals surface area contributed by atoms with Crippen LogP contribution in [-0.4, -0.2) is 30.4 Å². The Labute approximate surface area is 138 Å². The molecule has 2 rings (SSSR count). The molecular weight excluding hydrogens is 292 g/mol. The van der Waals surface area contributed by atoms with Crippen LogP contribution in [0.5, 0.6) is 0 Å². The Hall–Kier alpha value is -1.59. The largest absolute Gasteiger partial charge is 0.388 e. The predicted molar refractivity (Wildman–Crippen MR) is 91.4 cm³/mol. The lowest BCUT2D eigenvalue weighted by atomic mass is 9.78. The normalized spacial score (nSPS) is 18.2. The quantitative estimate of drug-likeness (QED) is 0.753. The number of ether oxygens (including phenoxy) is 1. The van der Waals surface area contributed by atoms with E-state index in [-0.39, 0.29) is 18.5 Å². The van der Waals surface area contributed by atoms with E-state index >= 15 is 0 Å². The zero-order valence-corrected chi connectivity index (χ0v) is 14.1. The van der Waals surface area contributed by atoms with Crippen LogP contribution in [0.25, 0.3) is 0 Å². The summed E-state index contributed by atoms with van der Waals surface area (Å²) < 4.78 is 5.13. The summed E-state index contributed by atoms with van der Waals surface area (Å²) in [6.07, 6.45) is 5.64. The number of urea groups is 1. The molecule has 1 aliphatic carbocycles. The van der Waals surface area contributed by atoms with Crippen LogP contribution in [0.2, 0.25) is 0 Å². The van der Waals surface area contributed by atoms with Crippen molar-refractivity contribution in [3.05, 3.63) is 29.8 Å². The number of anilines is 1. The van der Waals surface area contributed by atoms with Gasteiger partial charge in [-0.2, -0.15) is 0 Å². The molecule has 5 heteroatoms. The third-order valence-electron chi connectivity index (χ3n) is 4.66. The highest BCUT2D eigenvalue weighted by atomic mass is 16.5. The van der Waals surface area contributed by atoms with Crippen molar-refractivity contribution in [1.29, 1.82) is 0 Å². The number of nitrogens with one attached hydrogen (secondary N) is 2. The van der Waals surface area contributed by atoms with Gasteiger partial charge >= 0.3 is 6.03 Å². The summed E-state index contributed by atoms with van der Waals surface area (Å²) >= 11 is 0. The number of hydrogen-bond acceptors (Lipinski definition) is 3. The summed E-state index contributed by atoms with van der Waals surface area (Å²) in [5.41, 5.74) is 0.789. The first-order valence-corrected chi connectivity index (χ1v) is 8.37. The van der Waals surface area contributed by atoms with Gasteiger partial charge in [-0.05, 0) is 31.7 Å². The number of hydrogen-bond donors (Lipinski definition) is 3. The molecule has 3 N–H and O–H groups in total. The molecule has 0 saturated heterocycles. The maximum Gasteiger partial charge on any atom is 0.319 e. The fraction of sp³-hybridized carbons (Fsp3) is 0.611. The maximum absolute atomic E-state index is 12.1. The Morgan fingerprint density at radius 3 is 2.70 bits per heavy atom. The second-order valence-corrected chi connectivity index (χ2v) is 6.59. The van der Waals surface area contributed by atoms with Crippen molar-refractivity contribution in [3.63, 3.8) is 0 Å². The fourth-order valence-corrected chi connectivity index (χ4v) is 3.22. The molecule has 2 amide bonds. The fourth-order valence-electron chi connectivity index (χ4n) is 3.22. The predicted octanol–water partition coefficient (Wildman–Crippen LogP) is 3.29. The number of carbonyl (C=O) groups is 1. The van der Waals surface area contributed by atoms with Crippen molar-refractivity contribution in [3.8, 4) is 0 Å². The van der Waals surface area contributed by atoms with Gasteiger partial charge in [0.1, 0.15) is 0 Å². The highest BCUT2D eigenvalue weighted by Gasteiger charge is 2.33. The van der Waals surface area contributed by atoms with Crippen molar-refractivity contribution in [2.75, 3.05) is 19.0 Å². The molecule has 1 atom stereocenters. The zero-order valence-electron chi connectivity index (χ0n) is 14.1. The molecule has 0 aromatic heterocycles. The van der Waals surface area contributed by atoms with E-state index in [0.29, 0.717) is 6.61 Å². The van der Waals surface area contributed by atoms with E-state index < -0.39 is 5.60 Å². The molecule has 1 aromatic rings. The summed E-state index contributed by atoms with van der Waals surface area (Å²) in [5, 5.41) is 16.3. The molecule has 0 heterocycles. The number of methoxy groups -OCH3 is 1. The monoisotopic (exact) mass is 320 g/mol. The molecule has 0 unspecified atom stereocenters. The summed E-state index contributed by atoms with van der Waals surface area (Å²) in [7, 11) is 1.62. The molecule has 1 saturated carbocycles. The minimum Gasteiger partial charge on any atom is -0.388 e. The Morgan fingerprint density at radius 1 is 1.30 bits per heavy atom. The standard InChI is InChI=1S/C18H28N2O3/c1-18(22,15-9-4-3-5-10-15)13-19-17(21)20-16-11-7-6-8-14(16)12-23-2/h6-8,11,15,22H,3-5,9-10,12-13H2,1-2H3,(H2,19,20,21)/t18-/m1/s1. The lowest BCUT2D eigenvalue weighted by Gasteiger charge is -2.35. The Morgan fingerprint density at radius 2 is 2.00 bits per heavy atom. The Balaban J connectivity index is 1.87. The van der Waals surface area contributed by atoms with Crippen molar-refractivity contribution in [2.24, 2.45) is 5.92 Å². The van der Waals surface area contributed by atoms with Crippen molar-refractivity contribution in [2.45, 2.75) is 51.2 Å². The summed E-state index contributed by atoms with van der Waals surface area (Å²) in [4.78, 5) is 12.1. The van der Waals surface area contributed by atoms with Gasteiger partial charge in [-0.25, -0.2) is 4.79 Å². The van der Waals surface area contributed by atoms with Crippen LogP contribution in [0, 0.1) is 5.92 Å². The molecular formula is C18H28N2O3. The number of amides is 2. The first kappa shape index (κ1) is 17.8. The maximum atomic E-state index is 12.1. The first-order valence-electron chi connectivity index (χ1n) is 8.37. The summed E-state index contributed by atoms with van der Waals surface area (Å²) in [6, 6.07) is 7.23. The van der Waals surface area contributed by atoms with Gasteiger partial charge in [-0.15, -0.1) is 0 Å². The van der Waals surface area contributed by atoms with E-state index in [4.69, 9.17) is 4.74 Å². The highest BCUT2D eigenvalue weighted by Crippen LogP contribution is 2.32. The van der Waals surface area contributed by atoms with E-state index in [1.807, 2.05) is 31.2 Å². The van der Waals surface area contributed by atoms with E-state index in [1.54, 1.807) is 7.11 Å². The average molecular weight is 320 g/mol. The minimum atomic E-state index is -0.857. The molecule has 128 valence electrons. The van der Waals surface area contributed by atoms with Gasteiger partial charge in [-0.3, -0.25) is 0 Å². The summed E-state index contributed by atoms with van der Waals surface area (Å²) in [6.45, 7) is 2.52. The lowest BCUT2D eigenvalue weighted by Crippen LogP contribution is -2.47. The zero-order chi connectivity index (χ0) is 16.7. The van der Waals surface area contributed by atoms with Crippen LogP contribution in [0.1, 0.15) is 44.6 Å². The van der Waals surface area contributed by atoms with E-state index in [1.165, 1.54) is 6.42 Å². The van der Waals surface area contributed by atoms with Crippen LogP contribution in [-0.2, 0) is 11.3 Å². The minimum absolute atomic E-state index is 0.260.